The van der Waals surface area contributed by atoms with Crippen molar-refractivity contribution in [3.63, 3.8) is 0 Å². The Morgan fingerprint density at radius 1 is 1.05 bits per heavy atom. The standard InChI is InChI=1S/C31H36FN5O6/c1-19-16-37(20(2)18-38)29(39)26-15-24(34-30(40)33-22-7-5-21(32)6-8-22)11-14-27(26)43-28(19)17-36(3)31(41)35-23-9-12-25(42-4)13-10-23/h5-15,19-20,28,38H,16-18H2,1-4H3,(H,35,41)(H2,33,34,40)/t19-,20+,28-/m0/s1. The predicted octanol–water partition coefficient (Wildman–Crippen LogP) is 4.86. The maximum absolute atomic E-state index is 13.7. The van der Waals surface area contributed by atoms with E-state index in [9.17, 15) is 23.9 Å². The Balaban J connectivity index is 1.53. The number of ether oxygens (including phenoxy) is 2. The van der Waals surface area contributed by atoms with Crippen molar-refractivity contribution >= 4 is 35.0 Å². The number of urea groups is 2. The average molecular weight is 594 g/mol. The van der Waals surface area contributed by atoms with E-state index >= 15 is 0 Å². The van der Waals surface area contributed by atoms with Crippen molar-refractivity contribution in [1.29, 1.82) is 0 Å². The van der Waals surface area contributed by atoms with Crippen molar-refractivity contribution < 1.29 is 33.4 Å². The van der Waals surface area contributed by atoms with Crippen LogP contribution < -0.4 is 25.4 Å². The van der Waals surface area contributed by atoms with E-state index in [1.165, 1.54) is 35.2 Å². The first-order chi connectivity index (χ1) is 20.6. The van der Waals surface area contributed by atoms with Crippen LogP contribution in [0.5, 0.6) is 11.5 Å². The lowest BCUT2D eigenvalue weighted by Crippen LogP contribution is -2.50. The van der Waals surface area contributed by atoms with Crippen molar-refractivity contribution in [2.75, 3.05) is 49.8 Å². The van der Waals surface area contributed by atoms with Crippen LogP contribution >= 0.6 is 0 Å². The van der Waals surface area contributed by atoms with E-state index in [1.807, 2.05) is 6.92 Å². The number of aliphatic hydroxyl groups is 1. The third-order valence-corrected chi connectivity index (χ3v) is 7.17. The summed E-state index contributed by atoms with van der Waals surface area (Å²) in [5.74, 6) is -0.0452. The number of anilines is 3. The van der Waals surface area contributed by atoms with Gasteiger partial charge in [-0.15, -0.1) is 0 Å². The van der Waals surface area contributed by atoms with E-state index in [2.05, 4.69) is 16.0 Å². The SMILES string of the molecule is COc1ccc(NC(=O)N(C)C[C@@H]2Oc3ccc(NC(=O)Nc4ccc(F)cc4)cc3C(=O)N([C@H](C)CO)C[C@@H]2C)cc1. The number of carbonyl (C=O) groups excluding carboxylic acids is 3. The topological polar surface area (TPSA) is 132 Å². The molecule has 3 aromatic rings. The summed E-state index contributed by atoms with van der Waals surface area (Å²) in [7, 11) is 3.22. The molecule has 12 heteroatoms. The number of halogens is 1. The number of fused-ring (bicyclic) bond motifs is 1. The first kappa shape index (κ1) is 31.1. The number of hydrogen-bond donors (Lipinski definition) is 4. The summed E-state index contributed by atoms with van der Waals surface area (Å²) in [6.45, 7) is 3.89. The zero-order chi connectivity index (χ0) is 31.1. The average Bonchev–Trinajstić information content (AvgIpc) is 3.00. The third-order valence-electron chi connectivity index (χ3n) is 7.17. The third kappa shape index (κ3) is 7.92. The highest BCUT2D eigenvalue weighted by atomic mass is 19.1. The van der Waals surface area contributed by atoms with Crippen molar-refractivity contribution in [3.05, 3.63) is 78.1 Å². The van der Waals surface area contributed by atoms with Gasteiger partial charge in [-0.25, -0.2) is 14.0 Å². The number of rotatable bonds is 8. The number of methoxy groups -OCH3 is 1. The summed E-state index contributed by atoms with van der Waals surface area (Å²) in [6, 6.07) is 15.6. The van der Waals surface area contributed by atoms with Gasteiger partial charge in [0.15, 0.2) is 0 Å². The van der Waals surface area contributed by atoms with Gasteiger partial charge in [-0.1, -0.05) is 6.92 Å². The van der Waals surface area contributed by atoms with E-state index in [1.54, 1.807) is 62.4 Å². The molecule has 43 heavy (non-hydrogen) atoms. The largest absolute Gasteiger partial charge is 0.497 e. The second-order valence-corrected chi connectivity index (χ2v) is 10.5. The molecule has 1 aliphatic rings. The van der Waals surface area contributed by atoms with Gasteiger partial charge >= 0.3 is 12.1 Å². The second-order valence-electron chi connectivity index (χ2n) is 10.5. The van der Waals surface area contributed by atoms with E-state index in [0.29, 0.717) is 22.8 Å². The Kier molecular flexibility index (Phi) is 10.0. The number of aliphatic hydroxyl groups excluding tert-OH is 1. The van der Waals surface area contributed by atoms with Crippen molar-refractivity contribution in [2.45, 2.75) is 26.0 Å². The summed E-state index contributed by atoms with van der Waals surface area (Å²) in [5.41, 5.74) is 1.52. The highest BCUT2D eigenvalue weighted by Crippen LogP contribution is 2.31. The van der Waals surface area contributed by atoms with Gasteiger partial charge in [0.1, 0.15) is 23.4 Å². The predicted molar refractivity (Wildman–Crippen MR) is 161 cm³/mol. The molecule has 0 fully saturated rings. The molecule has 5 amide bonds. The van der Waals surface area contributed by atoms with Crippen LogP contribution in [0.1, 0.15) is 24.2 Å². The van der Waals surface area contributed by atoms with Crippen LogP contribution in [0.4, 0.5) is 31.0 Å². The van der Waals surface area contributed by atoms with Crippen LogP contribution in [0.15, 0.2) is 66.7 Å². The number of hydrogen-bond acceptors (Lipinski definition) is 6. The van der Waals surface area contributed by atoms with E-state index in [-0.39, 0.29) is 48.9 Å². The zero-order valence-electron chi connectivity index (χ0n) is 24.5. The van der Waals surface area contributed by atoms with Crippen molar-refractivity contribution in [3.8, 4) is 11.5 Å². The summed E-state index contributed by atoms with van der Waals surface area (Å²) in [5, 5.41) is 18.0. The highest BCUT2D eigenvalue weighted by Gasteiger charge is 2.34. The molecule has 3 atom stereocenters. The Bertz CT molecular complexity index is 1440. The molecule has 0 bridgehead atoms. The molecule has 1 aliphatic heterocycles. The zero-order valence-corrected chi connectivity index (χ0v) is 24.5. The van der Waals surface area contributed by atoms with Gasteiger partial charge < -0.3 is 40.3 Å². The van der Waals surface area contributed by atoms with Crippen LogP contribution in [0.2, 0.25) is 0 Å². The molecule has 4 N–H and O–H groups in total. The van der Waals surface area contributed by atoms with Crippen LogP contribution in [0, 0.1) is 11.7 Å². The summed E-state index contributed by atoms with van der Waals surface area (Å²) in [4.78, 5) is 42.3. The fraction of sp³-hybridized carbons (Fsp3) is 0.323. The van der Waals surface area contributed by atoms with Crippen molar-refractivity contribution in [2.24, 2.45) is 5.92 Å². The number of nitrogens with one attached hydrogen (secondary N) is 3. The minimum atomic E-state index is -0.581. The fourth-order valence-electron chi connectivity index (χ4n) is 4.59. The maximum Gasteiger partial charge on any atom is 0.323 e. The molecule has 0 unspecified atom stereocenters. The van der Waals surface area contributed by atoms with E-state index in [0.717, 1.165) is 0 Å². The lowest BCUT2D eigenvalue weighted by molar-refractivity contribution is 0.0371. The monoisotopic (exact) mass is 593 g/mol. The molecular weight excluding hydrogens is 557 g/mol. The molecule has 11 nitrogen and oxygen atoms in total. The van der Waals surface area contributed by atoms with Crippen LogP contribution in [-0.2, 0) is 0 Å². The number of likely N-dealkylation sites (N-methyl/N-ethyl adjacent to an activating group) is 1. The van der Waals surface area contributed by atoms with Gasteiger partial charge in [0.05, 0.1) is 31.9 Å². The van der Waals surface area contributed by atoms with Crippen LogP contribution in [-0.4, -0.2) is 78.9 Å². The first-order valence-electron chi connectivity index (χ1n) is 13.8. The molecule has 4 rings (SSSR count). The van der Waals surface area contributed by atoms with Gasteiger partial charge in [-0.05, 0) is 73.7 Å². The van der Waals surface area contributed by atoms with Crippen molar-refractivity contribution in [1.82, 2.24) is 9.80 Å². The minimum Gasteiger partial charge on any atom is -0.497 e. The number of amides is 5. The van der Waals surface area contributed by atoms with E-state index in [4.69, 9.17) is 9.47 Å². The lowest BCUT2D eigenvalue weighted by atomic mass is 9.99. The molecule has 0 saturated carbocycles. The van der Waals surface area contributed by atoms with Gasteiger partial charge in [0.25, 0.3) is 5.91 Å². The Morgan fingerprint density at radius 2 is 1.65 bits per heavy atom. The molecule has 0 spiro atoms. The highest BCUT2D eigenvalue weighted by molar-refractivity contribution is 6.02. The molecule has 1 heterocycles. The fourth-order valence-corrected chi connectivity index (χ4v) is 4.59. The molecule has 228 valence electrons. The van der Waals surface area contributed by atoms with Gasteiger partial charge in [0.2, 0.25) is 0 Å². The Morgan fingerprint density at radius 3 is 2.30 bits per heavy atom. The summed E-state index contributed by atoms with van der Waals surface area (Å²) >= 11 is 0. The molecule has 3 aromatic carbocycles. The lowest BCUT2D eigenvalue weighted by Gasteiger charge is -2.38. The number of nitrogens with zero attached hydrogens (tertiary/aromatic N) is 2. The maximum atomic E-state index is 13.7. The summed E-state index contributed by atoms with van der Waals surface area (Å²) in [6.07, 6.45) is -0.507. The molecular formula is C31H36FN5O6. The van der Waals surface area contributed by atoms with Crippen LogP contribution in [0.3, 0.4) is 0 Å². The Hall–Kier alpha value is -4.84. The van der Waals surface area contributed by atoms with E-state index < -0.39 is 24.0 Å². The molecule has 0 radical (unpaired) electrons. The molecule has 0 aliphatic carbocycles. The van der Waals surface area contributed by atoms with Gasteiger partial charge in [0, 0.05) is 36.6 Å². The van der Waals surface area contributed by atoms with Crippen LogP contribution in [0.25, 0.3) is 0 Å². The van der Waals surface area contributed by atoms with Gasteiger partial charge in [-0.2, -0.15) is 0 Å². The Labute approximate surface area is 249 Å². The number of benzene rings is 3. The van der Waals surface area contributed by atoms with Gasteiger partial charge in [-0.3, -0.25) is 4.79 Å². The number of carbonyl (C=O) groups is 3. The summed E-state index contributed by atoms with van der Waals surface area (Å²) < 4.78 is 24.7. The quantitative estimate of drug-likeness (QED) is 0.295. The first-order valence-corrected chi connectivity index (χ1v) is 13.8. The molecule has 0 aromatic heterocycles. The normalized spacial score (nSPS) is 17.0. The smallest absolute Gasteiger partial charge is 0.323 e. The molecule has 0 saturated heterocycles. The minimum absolute atomic E-state index is 0.196. The second kappa shape index (κ2) is 13.9.